The maximum Gasteiger partial charge on any atom is 0.257 e. The third kappa shape index (κ3) is 2.17. The van der Waals surface area contributed by atoms with E-state index in [1.807, 2.05) is 0 Å². The Kier molecular flexibility index (Phi) is 3.33. The number of fused-ring (bicyclic) bond motifs is 5. The lowest BCUT2D eigenvalue weighted by Gasteiger charge is -2.18. The zero-order valence-electron chi connectivity index (χ0n) is 13.7. The zero-order valence-corrected chi connectivity index (χ0v) is 14.5. The molecule has 130 valence electrons. The molecular weight excluding hydrogens is 350 g/mol. The van der Waals surface area contributed by atoms with Crippen LogP contribution in [0, 0.1) is 23.7 Å². The second kappa shape index (κ2) is 5.60. The molecule has 3 amide bonds. The first-order valence-corrected chi connectivity index (χ1v) is 9.38. The summed E-state index contributed by atoms with van der Waals surface area (Å²) in [6.45, 7) is 0. The van der Waals surface area contributed by atoms with Crippen molar-refractivity contribution in [2.45, 2.75) is 6.42 Å². The van der Waals surface area contributed by atoms with Crippen molar-refractivity contribution in [1.29, 1.82) is 0 Å². The molecule has 1 aliphatic heterocycles. The van der Waals surface area contributed by atoms with Gasteiger partial charge in [-0.2, -0.15) is 0 Å². The van der Waals surface area contributed by atoms with Crippen molar-refractivity contribution in [3.8, 4) is 0 Å². The molecule has 1 saturated heterocycles. The quantitative estimate of drug-likeness (QED) is 0.670. The number of nitrogens with one attached hydrogen (secondary N) is 1. The number of hydrogen-bond acceptors (Lipinski definition) is 5. The molecule has 1 N–H and O–H groups in total. The molecule has 5 rings (SSSR count). The van der Waals surface area contributed by atoms with E-state index in [0.717, 1.165) is 6.42 Å². The molecule has 6 nitrogen and oxygen atoms in total. The second-order valence-corrected chi connectivity index (χ2v) is 7.75. The number of carbonyl (C=O) groups excluding carboxylic acids is 3. The number of hydrogen-bond donors (Lipinski definition) is 1. The van der Waals surface area contributed by atoms with Gasteiger partial charge in [0.2, 0.25) is 11.8 Å². The van der Waals surface area contributed by atoms with Crippen LogP contribution in [0.1, 0.15) is 16.8 Å². The third-order valence-corrected chi connectivity index (χ3v) is 6.18. The van der Waals surface area contributed by atoms with Crippen molar-refractivity contribution < 1.29 is 14.4 Å². The summed E-state index contributed by atoms with van der Waals surface area (Å²) in [5.74, 6) is -0.757. The van der Waals surface area contributed by atoms with Crippen LogP contribution in [0.3, 0.4) is 0 Å². The molecule has 7 heteroatoms. The monoisotopic (exact) mass is 365 g/mol. The largest absolute Gasteiger partial charge is 0.298 e. The minimum Gasteiger partial charge on any atom is -0.298 e. The molecular formula is C19H15N3O3S. The van der Waals surface area contributed by atoms with Gasteiger partial charge in [0.15, 0.2) is 5.13 Å². The number of benzene rings is 1. The van der Waals surface area contributed by atoms with Crippen LogP contribution in [0.25, 0.3) is 0 Å². The summed E-state index contributed by atoms with van der Waals surface area (Å²) in [6, 6.07) is 6.64. The number of nitrogens with zero attached hydrogens (tertiary/aromatic N) is 2. The van der Waals surface area contributed by atoms with E-state index >= 15 is 0 Å². The van der Waals surface area contributed by atoms with E-state index < -0.39 is 0 Å². The molecule has 2 heterocycles. The van der Waals surface area contributed by atoms with E-state index in [1.165, 1.54) is 16.2 Å². The summed E-state index contributed by atoms with van der Waals surface area (Å²) in [4.78, 5) is 43.5. The number of imide groups is 1. The molecule has 2 bridgehead atoms. The summed E-state index contributed by atoms with van der Waals surface area (Å²) < 4.78 is 0. The molecule has 0 spiro atoms. The summed E-state index contributed by atoms with van der Waals surface area (Å²) >= 11 is 1.33. The summed E-state index contributed by atoms with van der Waals surface area (Å²) in [6.07, 6.45) is 6.65. The van der Waals surface area contributed by atoms with Gasteiger partial charge in [-0.3, -0.25) is 19.7 Å². The van der Waals surface area contributed by atoms with Gasteiger partial charge in [-0.1, -0.05) is 18.2 Å². The molecule has 1 saturated carbocycles. The van der Waals surface area contributed by atoms with Crippen LogP contribution in [0.15, 0.2) is 48.0 Å². The Morgan fingerprint density at radius 2 is 1.88 bits per heavy atom. The van der Waals surface area contributed by atoms with Crippen molar-refractivity contribution in [3.05, 3.63) is 53.6 Å². The first kappa shape index (κ1) is 15.5. The van der Waals surface area contributed by atoms with Crippen molar-refractivity contribution in [1.82, 2.24) is 4.98 Å². The molecule has 0 radical (unpaired) electrons. The number of thiazole rings is 1. The van der Waals surface area contributed by atoms with E-state index in [-0.39, 0.29) is 41.4 Å². The van der Waals surface area contributed by atoms with Gasteiger partial charge in [-0.15, -0.1) is 11.3 Å². The molecule has 3 aliphatic rings. The second-order valence-electron chi connectivity index (χ2n) is 6.85. The lowest BCUT2D eigenvalue weighted by molar-refractivity contribution is -0.123. The average Bonchev–Trinajstić information content (AvgIpc) is 3.41. The van der Waals surface area contributed by atoms with Crippen LogP contribution in [0.4, 0.5) is 10.8 Å². The fourth-order valence-electron chi connectivity index (χ4n) is 4.40. The number of rotatable bonds is 3. The summed E-state index contributed by atoms with van der Waals surface area (Å²) in [7, 11) is 0. The Labute approximate surface area is 153 Å². The topological polar surface area (TPSA) is 79.4 Å². The molecule has 2 aliphatic carbocycles. The normalized spacial score (nSPS) is 28.7. The Morgan fingerprint density at radius 1 is 1.15 bits per heavy atom. The Bertz CT molecular complexity index is 923. The first-order valence-electron chi connectivity index (χ1n) is 8.50. The van der Waals surface area contributed by atoms with E-state index in [4.69, 9.17) is 0 Å². The van der Waals surface area contributed by atoms with Crippen molar-refractivity contribution in [2.75, 3.05) is 10.2 Å². The average molecular weight is 365 g/mol. The van der Waals surface area contributed by atoms with Gasteiger partial charge < -0.3 is 0 Å². The highest BCUT2D eigenvalue weighted by Gasteiger charge is 2.59. The minimum absolute atomic E-state index is 0.144. The highest BCUT2D eigenvalue weighted by molar-refractivity contribution is 7.13. The van der Waals surface area contributed by atoms with Gasteiger partial charge >= 0.3 is 0 Å². The lowest BCUT2D eigenvalue weighted by Crippen LogP contribution is -2.33. The SMILES string of the molecule is O=C(Nc1nccs1)c1cccc(N2C(=O)[C@@H]3[C@@H](C2=O)[C@H]2C=C[C@@H]3C2)c1. The fourth-order valence-corrected chi connectivity index (χ4v) is 4.92. The molecule has 26 heavy (non-hydrogen) atoms. The van der Waals surface area contributed by atoms with Crippen LogP contribution < -0.4 is 10.2 Å². The van der Waals surface area contributed by atoms with E-state index in [2.05, 4.69) is 22.5 Å². The fraction of sp³-hybridized carbons (Fsp3) is 0.263. The Morgan fingerprint density at radius 3 is 2.54 bits per heavy atom. The molecule has 4 atom stereocenters. The van der Waals surface area contributed by atoms with Crippen LogP contribution in [0.5, 0.6) is 0 Å². The van der Waals surface area contributed by atoms with Crippen LogP contribution in [-0.2, 0) is 9.59 Å². The van der Waals surface area contributed by atoms with Gasteiger partial charge in [0, 0.05) is 17.1 Å². The van der Waals surface area contributed by atoms with Crippen LogP contribution in [-0.4, -0.2) is 22.7 Å². The number of anilines is 2. The van der Waals surface area contributed by atoms with Crippen molar-refractivity contribution >= 4 is 39.9 Å². The zero-order chi connectivity index (χ0) is 17.8. The standard InChI is InChI=1S/C19H15N3O3S/c23-16(21-19-20-6-7-26-19)12-2-1-3-13(9-12)22-17(24)14-10-4-5-11(8-10)15(14)18(22)25/h1-7,9-11,14-15H,8H2,(H,20,21,23)/t10-,11+,14-,15-/m0/s1. The predicted molar refractivity (Wildman–Crippen MR) is 96.7 cm³/mol. The Hall–Kier alpha value is -2.80. The van der Waals surface area contributed by atoms with Crippen LogP contribution in [0.2, 0.25) is 0 Å². The molecule has 1 aromatic carbocycles. The summed E-state index contributed by atoms with van der Waals surface area (Å²) in [5.41, 5.74) is 0.844. The van der Waals surface area contributed by atoms with Gasteiger partial charge in [0.1, 0.15) is 0 Å². The number of amides is 3. The predicted octanol–water partition coefficient (Wildman–Crippen LogP) is 2.71. The van der Waals surface area contributed by atoms with Gasteiger partial charge in [0.25, 0.3) is 5.91 Å². The minimum atomic E-state index is -0.317. The van der Waals surface area contributed by atoms with Gasteiger partial charge in [-0.05, 0) is 36.5 Å². The van der Waals surface area contributed by atoms with Gasteiger partial charge in [-0.25, -0.2) is 9.88 Å². The highest BCUT2D eigenvalue weighted by atomic mass is 32.1. The highest BCUT2D eigenvalue weighted by Crippen LogP contribution is 2.53. The molecule has 1 aromatic heterocycles. The first-order chi connectivity index (χ1) is 12.6. The summed E-state index contributed by atoms with van der Waals surface area (Å²) in [5, 5.41) is 4.99. The maximum absolute atomic E-state index is 12.9. The number of aromatic nitrogens is 1. The van der Waals surface area contributed by atoms with Crippen molar-refractivity contribution in [3.63, 3.8) is 0 Å². The Balaban J connectivity index is 1.43. The smallest absolute Gasteiger partial charge is 0.257 e. The molecule has 2 aromatic rings. The van der Waals surface area contributed by atoms with Crippen LogP contribution >= 0.6 is 11.3 Å². The number of carbonyl (C=O) groups is 3. The number of allylic oxidation sites excluding steroid dienone is 2. The third-order valence-electron chi connectivity index (χ3n) is 5.49. The van der Waals surface area contributed by atoms with E-state index in [1.54, 1.807) is 35.8 Å². The maximum atomic E-state index is 12.9. The molecule has 0 unspecified atom stereocenters. The van der Waals surface area contributed by atoms with E-state index in [0.29, 0.717) is 16.4 Å². The van der Waals surface area contributed by atoms with Gasteiger partial charge in [0.05, 0.1) is 17.5 Å². The lowest BCUT2D eigenvalue weighted by atomic mass is 9.85. The van der Waals surface area contributed by atoms with Crippen molar-refractivity contribution in [2.24, 2.45) is 23.7 Å². The molecule has 2 fully saturated rings. The van der Waals surface area contributed by atoms with E-state index in [9.17, 15) is 14.4 Å².